The second-order valence-corrected chi connectivity index (χ2v) is 6.07. The number of nitrogens with one attached hydrogen (secondary N) is 2. The topological polar surface area (TPSA) is 78.4 Å². The van der Waals surface area contributed by atoms with E-state index in [2.05, 4.69) is 5.32 Å². The molecule has 0 bridgehead atoms. The van der Waals surface area contributed by atoms with Gasteiger partial charge in [0.2, 0.25) is 5.72 Å². The van der Waals surface area contributed by atoms with Crippen molar-refractivity contribution in [2.24, 2.45) is 5.92 Å². The van der Waals surface area contributed by atoms with E-state index in [1.807, 2.05) is 0 Å². The standard InChI is InChI=1S/C18H14F4N2O3/c19-12-9-5-4-8-11(12)14-13(15(25)10-6-2-1-3-7-10)17(27,18(20,21)22)24-16(26)23-14/h1-9,13-14,27H,(H2,23,24,26)/t13-,14-,17+/m0/s1. The van der Waals surface area contributed by atoms with Crippen LogP contribution in [-0.2, 0) is 0 Å². The fourth-order valence-electron chi connectivity index (χ4n) is 3.11. The van der Waals surface area contributed by atoms with Gasteiger partial charge in [0.25, 0.3) is 0 Å². The Morgan fingerprint density at radius 3 is 2.22 bits per heavy atom. The van der Waals surface area contributed by atoms with Gasteiger partial charge in [-0.2, -0.15) is 13.2 Å². The fourth-order valence-corrected chi connectivity index (χ4v) is 3.11. The van der Waals surface area contributed by atoms with Crippen molar-refractivity contribution in [1.82, 2.24) is 10.6 Å². The molecule has 3 N–H and O–H groups in total. The second-order valence-electron chi connectivity index (χ2n) is 6.07. The first-order valence-corrected chi connectivity index (χ1v) is 7.86. The molecule has 142 valence electrons. The summed E-state index contributed by atoms with van der Waals surface area (Å²) in [7, 11) is 0. The van der Waals surface area contributed by atoms with Gasteiger partial charge in [0.1, 0.15) is 11.7 Å². The van der Waals surface area contributed by atoms with Gasteiger partial charge in [0.05, 0.1) is 6.04 Å². The van der Waals surface area contributed by atoms with E-state index in [0.717, 1.165) is 12.1 Å². The van der Waals surface area contributed by atoms with Crippen LogP contribution in [0.4, 0.5) is 22.4 Å². The molecule has 3 atom stereocenters. The van der Waals surface area contributed by atoms with Gasteiger partial charge in [-0.3, -0.25) is 4.79 Å². The molecule has 27 heavy (non-hydrogen) atoms. The Bertz CT molecular complexity index is 872. The van der Waals surface area contributed by atoms with Crippen LogP contribution in [0.5, 0.6) is 0 Å². The highest BCUT2D eigenvalue weighted by Gasteiger charge is 2.66. The lowest BCUT2D eigenvalue weighted by Crippen LogP contribution is -2.72. The van der Waals surface area contributed by atoms with E-state index in [-0.39, 0.29) is 11.1 Å². The van der Waals surface area contributed by atoms with E-state index >= 15 is 0 Å². The van der Waals surface area contributed by atoms with Gasteiger partial charge in [-0.05, 0) is 6.07 Å². The zero-order valence-corrected chi connectivity index (χ0v) is 13.6. The Morgan fingerprint density at radius 1 is 1.04 bits per heavy atom. The van der Waals surface area contributed by atoms with Gasteiger partial charge in [0.15, 0.2) is 5.78 Å². The molecule has 1 aliphatic rings. The molecular formula is C18H14F4N2O3. The van der Waals surface area contributed by atoms with Crippen molar-refractivity contribution in [2.45, 2.75) is 17.9 Å². The average molecular weight is 382 g/mol. The molecule has 0 aliphatic carbocycles. The number of benzene rings is 2. The van der Waals surface area contributed by atoms with Crippen LogP contribution < -0.4 is 10.6 Å². The van der Waals surface area contributed by atoms with E-state index in [0.29, 0.717) is 0 Å². The molecule has 2 amide bonds. The highest BCUT2D eigenvalue weighted by atomic mass is 19.4. The number of aliphatic hydroxyl groups is 1. The summed E-state index contributed by atoms with van der Waals surface area (Å²) in [5.41, 5.74) is -4.34. The number of carbonyl (C=O) groups is 2. The van der Waals surface area contributed by atoms with Crippen molar-refractivity contribution < 1.29 is 32.3 Å². The molecule has 5 nitrogen and oxygen atoms in total. The van der Waals surface area contributed by atoms with Crippen LogP contribution in [0.1, 0.15) is 22.0 Å². The maximum absolute atomic E-state index is 14.2. The zero-order chi connectivity index (χ0) is 19.8. The first kappa shape index (κ1) is 18.8. The number of halogens is 4. The van der Waals surface area contributed by atoms with Crippen molar-refractivity contribution in [3.63, 3.8) is 0 Å². The Morgan fingerprint density at radius 2 is 1.63 bits per heavy atom. The third-order valence-corrected chi connectivity index (χ3v) is 4.39. The molecule has 0 unspecified atom stereocenters. The molecular weight excluding hydrogens is 368 g/mol. The van der Waals surface area contributed by atoms with Gasteiger partial charge in [-0.15, -0.1) is 0 Å². The molecule has 0 saturated carbocycles. The molecule has 0 radical (unpaired) electrons. The zero-order valence-electron chi connectivity index (χ0n) is 13.6. The minimum absolute atomic E-state index is 0.121. The number of amides is 2. The summed E-state index contributed by atoms with van der Waals surface area (Å²) in [4.78, 5) is 24.7. The largest absolute Gasteiger partial charge is 0.437 e. The summed E-state index contributed by atoms with van der Waals surface area (Å²) in [6, 6.07) is 8.66. The minimum atomic E-state index is -5.39. The van der Waals surface area contributed by atoms with E-state index in [1.165, 1.54) is 41.7 Å². The van der Waals surface area contributed by atoms with Gasteiger partial charge in [0, 0.05) is 11.1 Å². The number of ketones is 1. The molecule has 0 aromatic heterocycles. The lowest BCUT2D eigenvalue weighted by molar-refractivity contribution is -0.287. The summed E-state index contributed by atoms with van der Waals surface area (Å²) >= 11 is 0. The Balaban J connectivity index is 2.19. The van der Waals surface area contributed by atoms with Gasteiger partial charge < -0.3 is 15.7 Å². The lowest BCUT2D eigenvalue weighted by Gasteiger charge is -2.45. The van der Waals surface area contributed by atoms with Crippen molar-refractivity contribution in [3.8, 4) is 0 Å². The third-order valence-electron chi connectivity index (χ3n) is 4.39. The highest BCUT2D eigenvalue weighted by molar-refractivity contribution is 6.00. The summed E-state index contributed by atoms with van der Waals surface area (Å²) in [6.07, 6.45) is -5.39. The van der Waals surface area contributed by atoms with Crippen LogP contribution in [0.25, 0.3) is 0 Å². The molecule has 2 aromatic rings. The van der Waals surface area contributed by atoms with Crippen LogP contribution in [0, 0.1) is 11.7 Å². The van der Waals surface area contributed by atoms with Crippen molar-refractivity contribution >= 4 is 11.8 Å². The smallest absolute Gasteiger partial charge is 0.363 e. The molecule has 1 fully saturated rings. The summed E-state index contributed by atoms with van der Waals surface area (Å²) in [5, 5.41) is 13.9. The van der Waals surface area contributed by atoms with E-state index in [9.17, 15) is 32.3 Å². The number of alkyl halides is 3. The summed E-state index contributed by atoms with van der Waals surface area (Å²) in [5.74, 6) is -4.27. The van der Waals surface area contributed by atoms with Crippen LogP contribution >= 0.6 is 0 Å². The second kappa shape index (κ2) is 6.66. The molecule has 1 saturated heterocycles. The lowest BCUT2D eigenvalue weighted by atomic mass is 9.77. The van der Waals surface area contributed by atoms with E-state index < -0.39 is 41.5 Å². The van der Waals surface area contributed by atoms with Gasteiger partial charge >= 0.3 is 12.2 Å². The van der Waals surface area contributed by atoms with Crippen LogP contribution in [0.15, 0.2) is 54.6 Å². The summed E-state index contributed by atoms with van der Waals surface area (Å²) in [6.45, 7) is 0. The highest BCUT2D eigenvalue weighted by Crippen LogP contribution is 2.44. The molecule has 1 heterocycles. The maximum Gasteiger partial charge on any atom is 0.437 e. The van der Waals surface area contributed by atoms with Crippen molar-refractivity contribution in [2.75, 3.05) is 0 Å². The molecule has 2 aromatic carbocycles. The fraction of sp³-hybridized carbons (Fsp3) is 0.222. The third kappa shape index (κ3) is 3.25. The predicted molar refractivity (Wildman–Crippen MR) is 86.1 cm³/mol. The van der Waals surface area contributed by atoms with Crippen molar-refractivity contribution in [3.05, 3.63) is 71.5 Å². The van der Waals surface area contributed by atoms with Gasteiger partial charge in [-0.1, -0.05) is 48.5 Å². The molecule has 1 aliphatic heterocycles. The molecule has 9 heteroatoms. The van der Waals surface area contributed by atoms with E-state index in [4.69, 9.17) is 0 Å². The Hall–Kier alpha value is -2.94. The molecule has 3 rings (SSSR count). The van der Waals surface area contributed by atoms with Crippen LogP contribution in [0.2, 0.25) is 0 Å². The van der Waals surface area contributed by atoms with Crippen LogP contribution in [0.3, 0.4) is 0 Å². The number of rotatable bonds is 3. The minimum Gasteiger partial charge on any atom is -0.363 e. The molecule has 0 spiro atoms. The number of carbonyl (C=O) groups excluding carboxylic acids is 2. The Labute approximate surface area is 151 Å². The number of hydrogen-bond acceptors (Lipinski definition) is 3. The number of Topliss-reactive ketones (excluding diaryl/α,β-unsaturated/α-hetero) is 1. The first-order valence-electron chi connectivity index (χ1n) is 7.86. The normalized spacial score (nSPS) is 25.4. The van der Waals surface area contributed by atoms with E-state index in [1.54, 1.807) is 6.07 Å². The first-order chi connectivity index (χ1) is 12.6. The van der Waals surface area contributed by atoms with Gasteiger partial charge in [-0.25, -0.2) is 9.18 Å². The number of hydrogen-bond donors (Lipinski definition) is 3. The predicted octanol–water partition coefficient (Wildman–Crippen LogP) is 2.93. The SMILES string of the molecule is O=C1N[C@@H](c2ccccc2F)[C@@H](C(=O)c2ccccc2)[C@@](O)(C(F)(F)F)N1. The summed E-state index contributed by atoms with van der Waals surface area (Å²) < 4.78 is 55.3. The van der Waals surface area contributed by atoms with Crippen LogP contribution in [-0.4, -0.2) is 28.8 Å². The number of urea groups is 1. The maximum atomic E-state index is 14.2. The Kier molecular flexibility index (Phi) is 4.64. The average Bonchev–Trinajstić information content (AvgIpc) is 2.61. The monoisotopic (exact) mass is 382 g/mol. The quantitative estimate of drug-likeness (QED) is 0.564. The van der Waals surface area contributed by atoms with Crippen molar-refractivity contribution in [1.29, 1.82) is 0 Å².